The van der Waals surface area contributed by atoms with Gasteiger partial charge in [-0.05, 0) is 24.6 Å². The number of esters is 1. The highest BCUT2D eigenvalue weighted by Gasteiger charge is 2.19. The van der Waals surface area contributed by atoms with Crippen LogP contribution >= 0.6 is 0 Å². The Hall–Kier alpha value is -2.44. The molecule has 0 spiro atoms. The molecule has 0 radical (unpaired) electrons. The number of nitrogens with zero attached hydrogens (tertiary/aromatic N) is 2. The standard InChI is InChI=1S/C13H13F2N3O2/c1-7-17-11(13(19)20-2)12(16)18(7)6-8-3-4-9(14)10(15)5-8/h3-5H,6,16H2,1-2H3. The normalized spacial score (nSPS) is 10.6. The maximum Gasteiger partial charge on any atom is 0.360 e. The molecule has 0 fully saturated rings. The lowest BCUT2D eigenvalue weighted by atomic mass is 10.2. The van der Waals surface area contributed by atoms with Crippen molar-refractivity contribution in [2.75, 3.05) is 12.8 Å². The SMILES string of the molecule is COC(=O)c1nc(C)n(Cc2ccc(F)c(F)c2)c1N. The van der Waals surface area contributed by atoms with Gasteiger partial charge in [0.25, 0.3) is 0 Å². The molecule has 0 saturated heterocycles. The number of hydrogen-bond acceptors (Lipinski definition) is 4. The first-order chi connectivity index (χ1) is 9.43. The fourth-order valence-corrected chi connectivity index (χ4v) is 1.85. The number of ether oxygens (including phenoxy) is 1. The van der Waals surface area contributed by atoms with E-state index < -0.39 is 17.6 Å². The minimum absolute atomic E-state index is 0.00702. The van der Waals surface area contributed by atoms with Crippen LogP contribution in [0.5, 0.6) is 0 Å². The Labute approximate surface area is 114 Å². The molecule has 0 bridgehead atoms. The van der Waals surface area contributed by atoms with E-state index in [4.69, 9.17) is 5.73 Å². The number of aryl methyl sites for hydroxylation is 1. The second-order valence-electron chi connectivity index (χ2n) is 4.22. The molecular formula is C13H13F2N3O2. The van der Waals surface area contributed by atoms with E-state index in [0.717, 1.165) is 12.1 Å². The summed E-state index contributed by atoms with van der Waals surface area (Å²) in [7, 11) is 1.23. The zero-order valence-corrected chi connectivity index (χ0v) is 11.0. The summed E-state index contributed by atoms with van der Waals surface area (Å²) in [4.78, 5) is 15.5. The Morgan fingerprint density at radius 3 is 2.70 bits per heavy atom. The molecule has 7 heteroatoms. The summed E-state index contributed by atoms with van der Waals surface area (Å²) >= 11 is 0. The molecule has 0 aliphatic carbocycles. The van der Waals surface area contributed by atoms with E-state index in [1.165, 1.54) is 17.7 Å². The van der Waals surface area contributed by atoms with Crippen molar-refractivity contribution in [3.63, 3.8) is 0 Å². The van der Waals surface area contributed by atoms with Crippen molar-refractivity contribution in [1.82, 2.24) is 9.55 Å². The molecule has 0 atom stereocenters. The number of imidazole rings is 1. The predicted molar refractivity (Wildman–Crippen MR) is 68.2 cm³/mol. The fourth-order valence-electron chi connectivity index (χ4n) is 1.85. The maximum atomic E-state index is 13.2. The lowest BCUT2D eigenvalue weighted by Gasteiger charge is -2.08. The van der Waals surface area contributed by atoms with Crippen molar-refractivity contribution in [2.24, 2.45) is 0 Å². The number of rotatable bonds is 3. The van der Waals surface area contributed by atoms with Gasteiger partial charge in [0.1, 0.15) is 11.6 Å². The number of carbonyl (C=O) groups is 1. The summed E-state index contributed by atoms with van der Waals surface area (Å²) < 4.78 is 32.1. The average Bonchev–Trinajstić information content (AvgIpc) is 2.70. The number of methoxy groups -OCH3 is 1. The summed E-state index contributed by atoms with van der Waals surface area (Å²) in [5.74, 6) is -1.90. The highest BCUT2D eigenvalue weighted by molar-refractivity contribution is 5.92. The zero-order valence-electron chi connectivity index (χ0n) is 11.0. The second kappa shape index (κ2) is 5.28. The number of nitrogens with two attached hydrogens (primary N) is 1. The molecule has 0 saturated carbocycles. The van der Waals surface area contributed by atoms with Gasteiger partial charge in [-0.25, -0.2) is 18.6 Å². The molecule has 2 rings (SSSR count). The largest absolute Gasteiger partial charge is 0.464 e. The Balaban J connectivity index is 2.36. The van der Waals surface area contributed by atoms with Crippen LogP contribution < -0.4 is 5.73 Å². The number of hydrogen-bond donors (Lipinski definition) is 1. The number of nitrogen functional groups attached to an aromatic ring is 1. The molecule has 1 aromatic carbocycles. The van der Waals surface area contributed by atoms with E-state index in [-0.39, 0.29) is 18.1 Å². The monoisotopic (exact) mass is 281 g/mol. The Morgan fingerprint density at radius 2 is 2.10 bits per heavy atom. The van der Waals surface area contributed by atoms with Crippen LogP contribution in [0, 0.1) is 18.6 Å². The van der Waals surface area contributed by atoms with Crippen LogP contribution in [0.2, 0.25) is 0 Å². The van der Waals surface area contributed by atoms with Gasteiger partial charge in [0.2, 0.25) is 0 Å². The number of anilines is 1. The van der Waals surface area contributed by atoms with E-state index in [9.17, 15) is 13.6 Å². The third-order valence-corrected chi connectivity index (χ3v) is 2.90. The van der Waals surface area contributed by atoms with Gasteiger partial charge in [-0.3, -0.25) is 0 Å². The fraction of sp³-hybridized carbons (Fsp3) is 0.231. The Bertz CT molecular complexity index is 668. The smallest absolute Gasteiger partial charge is 0.360 e. The highest BCUT2D eigenvalue weighted by Crippen LogP contribution is 2.18. The highest BCUT2D eigenvalue weighted by atomic mass is 19.2. The maximum absolute atomic E-state index is 13.2. The lowest BCUT2D eigenvalue weighted by Crippen LogP contribution is -2.09. The Morgan fingerprint density at radius 1 is 1.40 bits per heavy atom. The average molecular weight is 281 g/mol. The molecule has 106 valence electrons. The van der Waals surface area contributed by atoms with Crippen LogP contribution in [0.4, 0.5) is 14.6 Å². The van der Waals surface area contributed by atoms with Crippen molar-refractivity contribution in [3.8, 4) is 0 Å². The number of halogens is 2. The molecule has 20 heavy (non-hydrogen) atoms. The van der Waals surface area contributed by atoms with Gasteiger partial charge in [-0.2, -0.15) is 0 Å². The van der Waals surface area contributed by atoms with Gasteiger partial charge in [-0.15, -0.1) is 0 Å². The van der Waals surface area contributed by atoms with E-state index in [2.05, 4.69) is 9.72 Å². The van der Waals surface area contributed by atoms with E-state index in [1.807, 2.05) is 0 Å². The lowest BCUT2D eigenvalue weighted by molar-refractivity contribution is 0.0595. The van der Waals surface area contributed by atoms with Gasteiger partial charge in [-0.1, -0.05) is 6.07 Å². The molecule has 0 amide bonds. The first-order valence-corrected chi connectivity index (χ1v) is 5.79. The third-order valence-electron chi connectivity index (χ3n) is 2.90. The molecule has 5 nitrogen and oxygen atoms in total. The topological polar surface area (TPSA) is 70.1 Å². The van der Waals surface area contributed by atoms with Crippen LogP contribution in [0.1, 0.15) is 21.9 Å². The van der Waals surface area contributed by atoms with Gasteiger partial charge in [0.05, 0.1) is 13.7 Å². The molecule has 2 aromatic rings. The van der Waals surface area contributed by atoms with Gasteiger partial charge in [0, 0.05) is 0 Å². The van der Waals surface area contributed by atoms with E-state index >= 15 is 0 Å². The zero-order chi connectivity index (χ0) is 14.9. The summed E-state index contributed by atoms with van der Waals surface area (Å²) in [6.45, 7) is 1.83. The molecule has 0 unspecified atom stereocenters. The number of benzene rings is 1. The predicted octanol–water partition coefficient (Wildman–Crippen LogP) is 1.89. The van der Waals surface area contributed by atoms with Crippen molar-refractivity contribution in [2.45, 2.75) is 13.5 Å². The van der Waals surface area contributed by atoms with Crippen LogP contribution in [-0.4, -0.2) is 22.6 Å². The van der Waals surface area contributed by atoms with E-state index in [0.29, 0.717) is 11.4 Å². The molecule has 0 aliphatic rings. The molecule has 1 aromatic heterocycles. The van der Waals surface area contributed by atoms with Gasteiger partial charge >= 0.3 is 5.97 Å². The second-order valence-corrected chi connectivity index (χ2v) is 4.22. The summed E-state index contributed by atoms with van der Waals surface area (Å²) in [6, 6.07) is 3.55. The quantitative estimate of drug-likeness (QED) is 0.872. The summed E-state index contributed by atoms with van der Waals surface area (Å²) in [5.41, 5.74) is 6.34. The van der Waals surface area contributed by atoms with Crippen molar-refractivity contribution in [3.05, 3.63) is 46.9 Å². The van der Waals surface area contributed by atoms with Crippen LogP contribution in [0.3, 0.4) is 0 Å². The summed E-state index contributed by atoms with van der Waals surface area (Å²) in [6.07, 6.45) is 0. The first-order valence-electron chi connectivity index (χ1n) is 5.79. The van der Waals surface area contributed by atoms with Crippen LogP contribution in [0.15, 0.2) is 18.2 Å². The van der Waals surface area contributed by atoms with Gasteiger partial charge < -0.3 is 15.0 Å². The molecule has 1 heterocycles. The van der Waals surface area contributed by atoms with Crippen molar-refractivity contribution < 1.29 is 18.3 Å². The van der Waals surface area contributed by atoms with Crippen molar-refractivity contribution in [1.29, 1.82) is 0 Å². The van der Waals surface area contributed by atoms with E-state index in [1.54, 1.807) is 6.92 Å². The first kappa shape index (κ1) is 14.0. The minimum atomic E-state index is -0.938. The number of aromatic nitrogens is 2. The Kier molecular flexibility index (Phi) is 3.69. The van der Waals surface area contributed by atoms with Crippen molar-refractivity contribution >= 4 is 11.8 Å². The molecular weight excluding hydrogens is 268 g/mol. The summed E-state index contributed by atoms with van der Waals surface area (Å²) in [5, 5.41) is 0. The van der Waals surface area contributed by atoms with Crippen LogP contribution in [-0.2, 0) is 11.3 Å². The van der Waals surface area contributed by atoms with Gasteiger partial charge in [0.15, 0.2) is 17.3 Å². The van der Waals surface area contributed by atoms with Crippen LogP contribution in [0.25, 0.3) is 0 Å². The third kappa shape index (κ3) is 2.47. The molecule has 0 aliphatic heterocycles. The minimum Gasteiger partial charge on any atom is -0.464 e. The molecule has 2 N–H and O–H groups in total. The number of carbonyl (C=O) groups excluding carboxylic acids is 1.